The van der Waals surface area contributed by atoms with Crippen LogP contribution < -0.4 is 5.73 Å². The second kappa shape index (κ2) is 6.69. The van der Waals surface area contributed by atoms with Crippen LogP contribution in [0.2, 0.25) is 0 Å². The molecule has 4 nitrogen and oxygen atoms in total. The van der Waals surface area contributed by atoms with Crippen LogP contribution in [0.25, 0.3) is 21.1 Å². The lowest BCUT2D eigenvalue weighted by atomic mass is 9.96. The number of nitrogens with zero attached hydrogens (tertiary/aromatic N) is 2. The van der Waals surface area contributed by atoms with Gasteiger partial charge in [0.25, 0.3) is 0 Å². The summed E-state index contributed by atoms with van der Waals surface area (Å²) in [6.07, 6.45) is 4.42. The number of thioether (sulfide) groups is 1. The number of anilines is 1. The smallest absolute Gasteiger partial charge is 0.241 e. The fraction of sp³-hybridized carbons (Fsp3) is 0.238. The third kappa shape index (κ3) is 2.93. The second-order valence-electron chi connectivity index (χ2n) is 6.87. The number of aromatic nitrogens is 2. The number of nitrogen functional groups attached to an aromatic ring is 1. The summed E-state index contributed by atoms with van der Waals surface area (Å²) in [4.78, 5) is 17.8. The SMILES string of the molecule is Nc1ccc2nc(SCC(=O)n3c4c(c5ccccc53)CCCC4)sc2c1. The molecule has 0 spiro atoms. The summed E-state index contributed by atoms with van der Waals surface area (Å²) in [6.45, 7) is 0. The minimum atomic E-state index is 0.137. The van der Waals surface area contributed by atoms with Crippen molar-refractivity contribution in [1.29, 1.82) is 0 Å². The molecular weight excluding hydrogens is 374 g/mol. The Labute approximate surface area is 165 Å². The molecule has 0 saturated carbocycles. The van der Waals surface area contributed by atoms with Gasteiger partial charge in [0.2, 0.25) is 5.91 Å². The fourth-order valence-corrected chi connectivity index (χ4v) is 5.92. The van der Waals surface area contributed by atoms with Crippen molar-refractivity contribution in [3.05, 3.63) is 53.7 Å². The summed E-state index contributed by atoms with van der Waals surface area (Å²) < 4.78 is 3.94. The maximum Gasteiger partial charge on any atom is 0.241 e. The highest BCUT2D eigenvalue weighted by Gasteiger charge is 2.23. The van der Waals surface area contributed by atoms with Crippen LogP contribution in [0, 0.1) is 0 Å². The van der Waals surface area contributed by atoms with E-state index in [2.05, 4.69) is 23.2 Å². The summed E-state index contributed by atoms with van der Waals surface area (Å²) in [5.41, 5.74) is 11.2. The van der Waals surface area contributed by atoms with Gasteiger partial charge in [0, 0.05) is 16.8 Å². The molecule has 0 saturated heterocycles. The van der Waals surface area contributed by atoms with E-state index in [9.17, 15) is 4.79 Å². The van der Waals surface area contributed by atoms with Gasteiger partial charge in [0.15, 0.2) is 4.34 Å². The van der Waals surface area contributed by atoms with Gasteiger partial charge in [-0.1, -0.05) is 30.0 Å². The zero-order valence-electron chi connectivity index (χ0n) is 14.8. The van der Waals surface area contributed by atoms with Crippen LogP contribution in [-0.4, -0.2) is 21.2 Å². The monoisotopic (exact) mass is 393 g/mol. The first-order chi connectivity index (χ1) is 13.2. The first-order valence-electron chi connectivity index (χ1n) is 9.14. The highest BCUT2D eigenvalue weighted by atomic mass is 32.2. The van der Waals surface area contributed by atoms with Crippen LogP contribution in [0.4, 0.5) is 5.69 Å². The molecule has 0 unspecified atom stereocenters. The van der Waals surface area contributed by atoms with E-state index in [0.717, 1.165) is 45.0 Å². The Morgan fingerprint density at radius 3 is 2.96 bits per heavy atom. The van der Waals surface area contributed by atoms with Gasteiger partial charge in [0.1, 0.15) is 0 Å². The van der Waals surface area contributed by atoms with E-state index in [1.54, 1.807) is 11.3 Å². The van der Waals surface area contributed by atoms with E-state index >= 15 is 0 Å². The number of carbonyl (C=O) groups excluding carboxylic acids is 1. The van der Waals surface area contributed by atoms with Gasteiger partial charge in [-0.05, 0) is 55.5 Å². The average Bonchev–Trinajstić information content (AvgIpc) is 3.24. The van der Waals surface area contributed by atoms with E-state index in [1.165, 1.54) is 34.8 Å². The normalized spacial score (nSPS) is 13.9. The molecule has 2 N–H and O–H groups in total. The molecule has 1 aliphatic rings. The van der Waals surface area contributed by atoms with Crippen LogP contribution in [0.5, 0.6) is 0 Å². The Kier molecular flexibility index (Phi) is 4.17. The largest absolute Gasteiger partial charge is 0.399 e. The number of hydrogen-bond acceptors (Lipinski definition) is 5. The number of aryl methyl sites for hydroxylation is 1. The quantitative estimate of drug-likeness (QED) is 0.386. The van der Waals surface area contributed by atoms with E-state index in [-0.39, 0.29) is 5.91 Å². The van der Waals surface area contributed by atoms with Gasteiger partial charge in [0.05, 0.1) is 21.5 Å². The minimum Gasteiger partial charge on any atom is -0.399 e. The van der Waals surface area contributed by atoms with Crippen LogP contribution in [0.3, 0.4) is 0 Å². The number of rotatable bonds is 3. The Bertz CT molecular complexity index is 1180. The number of thiazole rings is 1. The summed E-state index contributed by atoms with van der Waals surface area (Å²) in [6, 6.07) is 14.0. The second-order valence-corrected chi connectivity index (χ2v) is 9.13. The van der Waals surface area contributed by atoms with E-state index in [1.807, 2.05) is 28.8 Å². The van der Waals surface area contributed by atoms with E-state index < -0.39 is 0 Å². The molecule has 0 atom stereocenters. The lowest BCUT2D eigenvalue weighted by molar-refractivity contribution is 0.0943. The molecule has 136 valence electrons. The zero-order chi connectivity index (χ0) is 18.4. The molecule has 4 aromatic rings. The van der Waals surface area contributed by atoms with E-state index in [4.69, 9.17) is 5.73 Å². The van der Waals surface area contributed by atoms with Crippen molar-refractivity contribution in [1.82, 2.24) is 9.55 Å². The molecule has 1 aliphatic carbocycles. The van der Waals surface area contributed by atoms with Crippen molar-refractivity contribution in [3.63, 3.8) is 0 Å². The number of benzene rings is 2. The predicted molar refractivity (Wildman–Crippen MR) is 114 cm³/mol. The van der Waals surface area contributed by atoms with E-state index in [0.29, 0.717) is 5.75 Å². The van der Waals surface area contributed by atoms with Crippen LogP contribution in [-0.2, 0) is 12.8 Å². The Morgan fingerprint density at radius 2 is 2.04 bits per heavy atom. The molecule has 5 rings (SSSR count). The predicted octanol–water partition coefficient (Wildman–Crippen LogP) is 5.14. The first-order valence-corrected chi connectivity index (χ1v) is 10.9. The summed E-state index contributed by atoms with van der Waals surface area (Å²) in [5.74, 6) is 0.526. The zero-order valence-corrected chi connectivity index (χ0v) is 16.4. The Balaban J connectivity index is 1.45. The van der Waals surface area contributed by atoms with Crippen LogP contribution in [0.15, 0.2) is 46.8 Å². The highest BCUT2D eigenvalue weighted by Crippen LogP contribution is 2.34. The van der Waals surface area contributed by atoms with Crippen molar-refractivity contribution in [3.8, 4) is 0 Å². The molecule has 2 aromatic heterocycles. The number of carbonyl (C=O) groups is 1. The number of nitrogens with two attached hydrogens (primary N) is 1. The molecule has 0 radical (unpaired) electrons. The van der Waals surface area contributed by atoms with Gasteiger partial charge in [-0.3, -0.25) is 9.36 Å². The summed E-state index contributed by atoms with van der Waals surface area (Å²) in [7, 11) is 0. The van der Waals surface area contributed by atoms with Crippen molar-refractivity contribution in [2.24, 2.45) is 0 Å². The van der Waals surface area contributed by atoms with Crippen molar-refractivity contribution in [2.75, 3.05) is 11.5 Å². The molecule has 0 bridgehead atoms. The summed E-state index contributed by atoms with van der Waals surface area (Å²) in [5, 5.41) is 1.24. The van der Waals surface area contributed by atoms with Gasteiger partial charge >= 0.3 is 0 Å². The summed E-state index contributed by atoms with van der Waals surface area (Å²) >= 11 is 3.11. The molecule has 0 amide bonds. The van der Waals surface area contributed by atoms with Crippen molar-refractivity contribution < 1.29 is 4.79 Å². The lowest BCUT2D eigenvalue weighted by Gasteiger charge is -2.14. The Hall–Kier alpha value is -2.31. The van der Waals surface area contributed by atoms with Crippen molar-refractivity contribution in [2.45, 2.75) is 30.0 Å². The minimum absolute atomic E-state index is 0.137. The highest BCUT2D eigenvalue weighted by molar-refractivity contribution is 8.01. The number of para-hydroxylation sites is 1. The van der Waals surface area contributed by atoms with Crippen LogP contribution in [0.1, 0.15) is 28.9 Å². The van der Waals surface area contributed by atoms with Crippen molar-refractivity contribution >= 4 is 55.8 Å². The molecule has 6 heteroatoms. The first kappa shape index (κ1) is 16.8. The lowest BCUT2D eigenvalue weighted by Crippen LogP contribution is -2.18. The fourth-order valence-electron chi connectivity index (χ4n) is 3.95. The maximum atomic E-state index is 13.1. The molecule has 2 aromatic carbocycles. The molecule has 2 heterocycles. The maximum absolute atomic E-state index is 13.1. The van der Waals surface area contributed by atoms with Gasteiger partial charge in [-0.15, -0.1) is 11.3 Å². The molecular formula is C21H19N3OS2. The number of fused-ring (bicyclic) bond motifs is 4. The molecule has 0 aliphatic heterocycles. The van der Waals surface area contributed by atoms with Crippen LogP contribution >= 0.6 is 23.1 Å². The number of hydrogen-bond donors (Lipinski definition) is 1. The average molecular weight is 394 g/mol. The molecule has 27 heavy (non-hydrogen) atoms. The third-order valence-electron chi connectivity index (χ3n) is 5.14. The van der Waals surface area contributed by atoms with Gasteiger partial charge in [-0.25, -0.2) is 4.98 Å². The van der Waals surface area contributed by atoms with Gasteiger partial charge in [-0.2, -0.15) is 0 Å². The van der Waals surface area contributed by atoms with Gasteiger partial charge < -0.3 is 5.73 Å². The topological polar surface area (TPSA) is 60.9 Å². The molecule has 0 fully saturated rings. The Morgan fingerprint density at radius 1 is 1.19 bits per heavy atom. The standard InChI is InChI=1S/C21H19N3OS2/c22-13-9-10-16-19(11-13)27-21(23-16)26-12-20(25)24-17-7-3-1-5-14(17)15-6-2-4-8-18(15)24/h1,3,5,7,9-11H,2,4,6,8,12,22H2. The third-order valence-corrected chi connectivity index (χ3v) is 7.29.